The standard InChI is InChI=1S/C13H7F5N2O/c14-6-1-2-10(12(18)11(6)17)20-13(21)5-3-7(15)8(16)4-9(5)19/h1-4H,19H2,(H,20,21). The van der Waals surface area contributed by atoms with Crippen LogP contribution in [0.3, 0.4) is 0 Å². The second-order valence-electron chi connectivity index (χ2n) is 4.03. The van der Waals surface area contributed by atoms with E-state index in [4.69, 9.17) is 5.73 Å². The molecule has 2 aromatic rings. The van der Waals surface area contributed by atoms with Crippen LogP contribution >= 0.6 is 0 Å². The summed E-state index contributed by atoms with van der Waals surface area (Å²) in [6, 6.07) is 2.47. The Bertz CT molecular complexity index is 733. The molecule has 0 bridgehead atoms. The van der Waals surface area contributed by atoms with Gasteiger partial charge in [-0.3, -0.25) is 4.79 Å². The fourth-order valence-corrected chi connectivity index (χ4v) is 1.57. The van der Waals surface area contributed by atoms with E-state index in [-0.39, 0.29) is 0 Å². The Kier molecular flexibility index (Phi) is 3.79. The smallest absolute Gasteiger partial charge is 0.257 e. The van der Waals surface area contributed by atoms with Crippen molar-refractivity contribution in [3.8, 4) is 0 Å². The van der Waals surface area contributed by atoms with Crippen LogP contribution in [0.1, 0.15) is 10.4 Å². The lowest BCUT2D eigenvalue weighted by atomic mass is 10.1. The van der Waals surface area contributed by atoms with Gasteiger partial charge in [0.15, 0.2) is 29.1 Å². The van der Waals surface area contributed by atoms with Crippen LogP contribution < -0.4 is 11.1 Å². The molecule has 3 N–H and O–H groups in total. The van der Waals surface area contributed by atoms with E-state index >= 15 is 0 Å². The lowest BCUT2D eigenvalue weighted by Gasteiger charge is -2.09. The Morgan fingerprint density at radius 1 is 0.905 bits per heavy atom. The van der Waals surface area contributed by atoms with Crippen LogP contribution in [-0.4, -0.2) is 5.91 Å². The molecule has 21 heavy (non-hydrogen) atoms. The van der Waals surface area contributed by atoms with Gasteiger partial charge in [0.25, 0.3) is 5.91 Å². The zero-order valence-electron chi connectivity index (χ0n) is 10.2. The number of hydrogen-bond donors (Lipinski definition) is 2. The van der Waals surface area contributed by atoms with Crippen molar-refractivity contribution in [1.82, 2.24) is 0 Å². The Labute approximate surface area is 115 Å². The van der Waals surface area contributed by atoms with Crippen molar-refractivity contribution in [2.24, 2.45) is 0 Å². The molecule has 2 aromatic carbocycles. The highest BCUT2D eigenvalue weighted by Gasteiger charge is 2.18. The maximum Gasteiger partial charge on any atom is 0.257 e. The van der Waals surface area contributed by atoms with Crippen molar-refractivity contribution >= 4 is 17.3 Å². The second kappa shape index (κ2) is 5.39. The molecule has 110 valence electrons. The Balaban J connectivity index is 2.35. The predicted molar refractivity (Wildman–Crippen MR) is 65.0 cm³/mol. The summed E-state index contributed by atoms with van der Waals surface area (Å²) in [7, 11) is 0. The number of carbonyl (C=O) groups excluding carboxylic acids is 1. The van der Waals surface area contributed by atoms with E-state index in [0.717, 1.165) is 6.07 Å². The minimum atomic E-state index is -1.77. The van der Waals surface area contributed by atoms with Crippen LogP contribution in [-0.2, 0) is 0 Å². The minimum Gasteiger partial charge on any atom is -0.398 e. The van der Waals surface area contributed by atoms with Gasteiger partial charge in [-0.2, -0.15) is 0 Å². The van der Waals surface area contributed by atoms with Crippen molar-refractivity contribution in [1.29, 1.82) is 0 Å². The predicted octanol–water partition coefficient (Wildman–Crippen LogP) is 3.22. The average molecular weight is 302 g/mol. The normalized spacial score (nSPS) is 10.5. The van der Waals surface area contributed by atoms with Gasteiger partial charge in [0.2, 0.25) is 0 Å². The van der Waals surface area contributed by atoms with E-state index < -0.39 is 51.9 Å². The van der Waals surface area contributed by atoms with Gasteiger partial charge >= 0.3 is 0 Å². The van der Waals surface area contributed by atoms with Gasteiger partial charge in [-0.15, -0.1) is 0 Å². The summed E-state index contributed by atoms with van der Waals surface area (Å²) < 4.78 is 65.1. The quantitative estimate of drug-likeness (QED) is 0.508. The molecule has 2 rings (SSSR count). The number of carbonyl (C=O) groups is 1. The zero-order chi connectivity index (χ0) is 15.7. The number of amides is 1. The maximum atomic E-state index is 13.4. The molecule has 1 amide bonds. The molecule has 0 saturated heterocycles. The van der Waals surface area contributed by atoms with Crippen LogP contribution in [0, 0.1) is 29.1 Å². The third-order valence-electron chi connectivity index (χ3n) is 2.62. The molecule has 0 aliphatic carbocycles. The first-order valence-corrected chi connectivity index (χ1v) is 5.50. The Morgan fingerprint density at radius 2 is 1.52 bits per heavy atom. The van der Waals surface area contributed by atoms with Gasteiger partial charge in [0.05, 0.1) is 11.3 Å². The van der Waals surface area contributed by atoms with Crippen LogP contribution in [0.25, 0.3) is 0 Å². The van der Waals surface area contributed by atoms with Gasteiger partial charge in [-0.25, -0.2) is 22.0 Å². The third-order valence-corrected chi connectivity index (χ3v) is 2.62. The summed E-state index contributed by atoms with van der Waals surface area (Å²) in [5.74, 6) is -8.52. The van der Waals surface area contributed by atoms with Crippen molar-refractivity contribution in [3.63, 3.8) is 0 Å². The van der Waals surface area contributed by atoms with E-state index in [1.807, 2.05) is 5.32 Å². The van der Waals surface area contributed by atoms with Gasteiger partial charge in [-0.05, 0) is 18.2 Å². The second-order valence-corrected chi connectivity index (χ2v) is 4.03. The Hall–Kier alpha value is -2.64. The van der Waals surface area contributed by atoms with Crippen molar-refractivity contribution in [2.75, 3.05) is 11.1 Å². The highest BCUT2D eigenvalue weighted by molar-refractivity contribution is 6.07. The number of rotatable bonds is 2. The topological polar surface area (TPSA) is 55.1 Å². The first kappa shape index (κ1) is 14.8. The number of nitrogens with one attached hydrogen (secondary N) is 1. The molecule has 0 spiro atoms. The SMILES string of the molecule is Nc1cc(F)c(F)cc1C(=O)Nc1ccc(F)c(F)c1F. The lowest BCUT2D eigenvalue weighted by Crippen LogP contribution is -2.16. The molecule has 0 heterocycles. The molecular formula is C13H7F5N2O. The molecule has 0 aliphatic heterocycles. The van der Waals surface area contributed by atoms with Crippen molar-refractivity contribution in [2.45, 2.75) is 0 Å². The highest BCUT2D eigenvalue weighted by atomic mass is 19.2. The fraction of sp³-hybridized carbons (Fsp3) is 0. The summed E-state index contributed by atoms with van der Waals surface area (Å²) in [5, 5.41) is 1.89. The number of benzene rings is 2. The molecule has 3 nitrogen and oxygen atoms in total. The lowest BCUT2D eigenvalue weighted by molar-refractivity contribution is 0.102. The summed E-state index contributed by atoms with van der Waals surface area (Å²) in [4.78, 5) is 11.8. The van der Waals surface area contributed by atoms with Crippen molar-refractivity contribution < 1.29 is 26.7 Å². The molecule has 0 unspecified atom stereocenters. The first-order valence-electron chi connectivity index (χ1n) is 5.50. The summed E-state index contributed by atoms with van der Waals surface area (Å²) >= 11 is 0. The summed E-state index contributed by atoms with van der Waals surface area (Å²) in [6.07, 6.45) is 0. The molecule has 0 aromatic heterocycles. The van der Waals surface area contributed by atoms with Crippen LogP contribution in [0.4, 0.5) is 33.3 Å². The van der Waals surface area contributed by atoms with E-state index in [1.165, 1.54) is 0 Å². The fourth-order valence-electron chi connectivity index (χ4n) is 1.57. The molecule has 0 aliphatic rings. The summed E-state index contributed by atoms with van der Waals surface area (Å²) in [5.41, 5.74) is 3.81. The number of anilines is 2. The monoisotopic (exact) mass is 302 g/mol. The maximum absolute atomic E-state index is 13.4. The third kappa shape index (κ3) is 2.78. The minimum absolute atomic E-state index is 0.394. The largest absolute Gasteiger partial charge is 0.398 e. The Morgan fingerprint density at radius 3 is 2.19 bits per heavy atom. The number of halogens is 5. The summed E-state index contributed by atoms with van der Waals surface area (Å²) in [6.45, 7) is 0. The van der Waals surface area contributed by atoms with Crippen molar-refractivity contribution in [3.05, 3.63) is 58.9 Å². The van der Waals surface area contributed by atoms with Gasteiger partial charge in [-0.1, -0.05) is 0 Å². The highest BCUT2D eigenvalue weighted by Crippen LogP contribution is 2.22. The molecule has 0 saturated carbocycles. The van der Waals surface area contributed by atoms with Gasteiger partial charge in [0, 0.05) is 11.8 Å². The first-order chi connectivity index (χ1) is 9.81. The molecule has 8 heteroatoms. The van der Waals surface area contributed by atoms with E-state index in [1.54, 1.807) is 0 Å². The molecule has 0 fully saturated rings. The zero-order valence-corrected chi connectivity index (χ0v) is 10.2. The number of nitrogens with two attached hydrogens (primary N) is 1. The van der Waals surface area contributed by atoms with Crippen LogP contribution in [0.15, 0.2) is 24.3 Å². The van der Waals surface area contributed by atoms with Gasteiger partial charge < -0.3 is 11.1 Å². The van der Waals surface area contributed by atoms with Crippen LogP contribution in [0.5, 0.6) is 0 Å². The van der Waals surface area contributed by atoms with Gasteiger partial charge in [0.1, 0.15) is 0 Å². The van der Waals surface area contributed by atoms with E-state index in [2.05, 4.69) is 0 Å². The number of hydrogen-bond acceptors (Lipinski definition) is 2. The number of nitrogen functional groups attached to an aromatic ring is 1. The van der Waals surface area contributed by atoms with Crippen LogP contribution in [0.2, 0.25) is 0 Å². The molecule has 0 atom stereocenters. The van der Waals surface area contributed by atoms with E-state index in [0.29, 0.717) is 18.2 Å². The molecular weight excluding hydrogens is 295 g/mol. The average Bonchev–Trinajstić information content (AvgIpc) is 2.43. The molecule has 0 radical (unpaired) electrons. The van der Waals surface area contributed by atoms with E-state index in [9.17, 15) is 26.7 Å².